The molecule has 0 radical (unpaired) electrons. The number of hydrogen-bond acceptors (Lipinski definition) is 2. The Hall–Kier alpha value is -0.370. The minimum atomic E-state index is -0.112. The van der Waals surface area contributed by atoms with E-state index in [4.69, 9.17) is 0 Å². The number of rotatable bonds is 0. The van der Waals surface area contributed by atoms with Crippen molar-refractivity contribution in [2.75, 3.05) is 0 Å². The molecule has 118 valence electrons. The lowest BCUT2D eigenvalue weighted by molar-refractivity contribution is -0.158. The van der Waals surface area contributed by atoms with E-state index in [2.05, 4.69) is 13.8 Å². The monoisotopic (exact) mass is 290 g/mol. The van der Waals surface area contributed by atoms with Crippen LogP contribution in [0.25, 0.3) is 0 Å². The topological polar surface area (TPSA) is 37.3 Å². The maximum Gasteiger partial charge on any atom is 0.133 e. The van der Waals surface area contributed by atoms with Gasteiger partial charge in [0.15, 0.2) is 0 Å². The fraction of sp³-hybridized carbons (Fsp3) is 0.947. The van der Waals surface area contributed by atoms with Gasteiger partial charge in [-0.1, -0.05) is 20.3 Å². The fourth-order valence-corrected chi connectivity index (χ4v) is 7.00. The summed E-state index contributed by atoms with van der Waals surface area (Å²) in [5.41, 5.74) is 0.510. The van der Waals surface area contributed by atoms with Crippen molar-refractivity contribution >= 4 is 5.78 Å². The lowest BCUT2D eigenvalue weighted by atomic mass is 9.45. The molecule has 0 spiro atoms. The number of hydrogen-bond donors (Lipinski definition) is 1. The van der Waals surface area contributed by atoms with Gasteiger partial charge in [0.25, 0.3) is 0 Å². The van der Waals surface area contributed by atoms with Gasteiger partial charge in [0.2, 0.25) is 0 Å². The molecule has 0 heterocycles. The van der Waals surface area contributed by atoms with Crippen molar-refractivity contribution in [2.24, 2.45) is 34.5 Å². The number of aliphatic hydroxyl groups is 1. The van der Waals surface area contributed by atoms with Gasteiger partial charge in [-0.2, -0.15) is 0 Å². The first kappa shape index (κ1) is 14.2. The van der Waals surface area contributed by atoms with Gasteiger partial charge in [0.05, 0.1) is 6.10 Å². The zero-order chi connectivity index (χ0) is 14.8. The van der Waals surface area contributed by atoms with Crippen LogP contribution in [0.5, 0.6) is 0 Å². The van der Waals surface area contributed by atoms with Crippen molar-refractivity contribution in [3.63, 3.8) is 0 Å². The van der Waals surface area contributed by atoms with E-state index in [1.807, 2.05) is 0 Å². The van der Waals surface area contributed by atoms with Gasteiger partial charge in [0, 0.05) is 12.8 Å². The van der Waals surface area contributed by atoms with Gasteiger partial charge >= 0.3 is 0 Å². The molecular weight excluding hydrogens is 260 g/mol. The predicted molar refractivity (Wildman–Crippen MR) is 82.7 cm³/mol. The summed E-state index contributed by atoms with van der Waals surface area (Å²) in [6.07, 6.45) is 9.99. The third-order valence-electron chi connectivity index (χ3n) is 8.39. The summed E-state index contributed by atoms with van der Waals surface area (Å²) in [6.45, 7) is 4.80. The van der Waals surface area contributed by atoms with E-state index in [1.165, 1.54) is 32.1 Å². The molecule has 4 aliphatic carbocycles. The summed E-state index contributed by atoms with van der Waals surface area (Å²) in [6, 6.07) is 0. The minimum absolute atomic E-state index is 0.112. The Bertz CT molecular complexity index is 458. The number of carbonyl (C=O) groups excluding carboxylic acids is 1. The van der Waals surface area contributed by atoms with E-state index in [-0.39, 0.29) is 11.5 Å². The number of aliphatic hydroxyl groups excluding tert-OH is 1. The molecule has 7 atom stereocenters. The first-order valence-electron chi connectivity index (χ1n) is 9.15. The first-order valence-corrected chi connectivity index (χ1v) is 9.15. The number of carbonyl (C=O) groups is 1. The summed E-state index contributed by atoms with van der Waals surface area (Å²) in [7, 11) is 0. The Morgan fingerprint density at radius 2 is 1.86 bits per heavy atom. The Kier molecular flexibility index (Phi) is 3.10. The van der Waals surface area contributed by atoms with Crippen LogP contribution in [0.2, 0.25) is 0 Å². The SMILES string of the molecule is C[C@@]12CCC[C@H]1[C@@H]1CCC3CC(=O)CC[C@]3(C)[C@H]1CC2O. The van der Waals surface area contributed by atoms with E-state index < -0.39 is 0 Å². The molecule has 2 heteroatoms. The molecule has 21 heavy (non-hydrogen) atoms. The Morgan fingerprint density at radius 3 is 2.67 bits per heavy atom. The molecule has 4 fully saturated rings. The molecule has 0 aromatic carbocycles. The molecule has 1 N–H and O–H groups in total. The number of Topliss-reactive ketones (excluding diaryl/α,β-unsaturated/α-hetero) is 1. The number of ketones is 1. The van der Waals surface area contributed by atoms with Crippen LogP contribution in [0.3, 0.4) is 0 Å². The Balaban J connectivity index is 1.67. The standard InChI is InChI=1S/C19H30O2/c1-18-9-7-13(20)10-12(18)5-6-14-15-4-3-8-19(15,2)17(21)11-16(14)18/h12,14-17,21H,3-11H2,1-2H3/t12?,14-,15-,16-,17?,18-,19+/m0/s1. The average Bonchev–Trinajstić information content (AvgIpc) is 2.85. The average molecular weight is 290 g/mol. The molecule has 2 unspecified atom stereocenters. The molecule has 0 amide bonds. The fourth-order valence-electron chi connectivity index (χ4n) is 7.00. The van der Waals surface area contributed by atoms with Crippen LogP contribution < -0.4 is 0 Å². The Labute approximate surface area is 128 Å². The van der Waals surface area contributed by atoms with Crippen LogP contribution in [0.1, 0.15) is 71.6 Å². The second kappa shape index (κ2) is 4.57. The predicted octanol–water partition coefficient (Wildman–Crippen LogP) is 3.96. The number of fused-ring (bicyclic) bond motifs is 5. The van der Waals surface area contributed by atoms with E-state index in [1.54, 1.807) is 0 Å². The smallest absolute Gasteiger partial charge is 0.133 e. The highest BCUT2D eigenvalue weighted by Gasteiger charge is 2.60. The maximum atomic E-state index is 11.9. The molecular formula is C19H30O2. The van der Waals surface area contributed by atoms with Gasteiger partial charge in [0.1, 0.15) is 5.78 Å². The van der Waals surface area contributed by atoms with Crippen molar-refractivity contribution in [3.05, 3.63) is 0 Å². The molecule has 0 aromatic heterocycles. The molecule has 0 aliphatic heterocycles. The van der Waals surface area contributed by atoms with E-state index >= 15 is 0 Å². The normalized spacial score (nSPS) is 56.5. The van der Waals surface area contributed by atoms with Crippen molar-refractivity contribution in [3.8, 4) is 0 Å². The van der Waals surface area contributed by atoms with Crippen LogP contribution in [0.15, 0.2) is 0 Å². The molecule has 4 saturated carbocycles. The zero-order valence-corrected chi connectivity index (χ0v) is 13.6. The van der Waals surface area contributed by atoms with Gasteiger partial charge in [-0.15, -0.1) is 0 Å². The summed E-state index contributed by atoms with van der Waals surface area (Å²) in [4.78, 5) is 11.9. The highest BCUT2D eigenvalue weighted by molar-refractivity contribution is 5.79. The van der Waals surface area contributed by atoms with Crippen molar-refractivity contribution in [1.82, 2.24) is 0 Å². The molecule has 4 rings (SSSR count). The van der Waals surface area contributed by atoms with E-state index in [9.17, 15) is 9.90 Å². The van der Waals surface area contributed by atoms with Crippen LogP contribution in [-0.2, 0) is 4.79 Å². The maximum absolute atomic E-state index is 11.9. The molecule has 4 aliphatic rings. The zero-order valence-electron chi connectivity index (χ0n) is 13.6. The summed E-state index contributed by atoms with van der Waals surface area (Å²) >= 11 is 0. The Morgan fingerprint density at radius 1 is 1.05 bits per heavy atom. The summed E-state index contributed by atoms with van der Waals surface area (Å²) in [5.74, 6) is 3.29. The molecule has 0 saturated heterocycles. The van der Waals surface area contributed by atoms with E-state index in [0.29, 0.717) is 23.0 Å². The van der Waals surface area contributed by atoms with Crippen molar-refractivity contribution < 1.29 is 9.90 Å². The van der Waals surface area contributed by atoms with Gasteiger partial charge in [-0.05, 0) is 73.0 Å². The molecule has 0 bridgehead atoms. The van der Waals surface area contributed by atoms with Gasteiger partial charge < -0.3 is 5.11 Å². The summed E-state index contributed by atoms with van der Waals surface area (Å²) < 4.78 is 0. The lowest BCUT2D eigenvalue weighted by Crippen LogP contribution is -2.56. The van der Waals surface area contributed by atoms with Crippen LogP contribution in [-0.4, -0.2) is 17.0 Å². The lowest BCUT2D eigenvalue weighted by Gasteiger charge is -2.60. The van der Waals surface area contributed by atoms with Gasteiger partial charge in [-0.25, -0.2) is 0 Å². The van der Waals surface area contributed by atoms with Gasteiger partial charge in [-0.3, -0.25) is 4.79 Å². The van der Waals surface area contributed by atoms with Crippen molar-refractivity contribution in [2.45, 2.75) is 77.7 Å². The van der Waals surface area contributed by atoms with Crippen molar-refractivity contribution in [1.29, 1.82) is 0 Å². The van der Waals surface area contributed by atoms with E-state index in [0.717, 1.165) is 37.5 Å². The quantitative estimate of drug-likeness (QED) is 0.733. The highest BCUT2D eigenvalue weighted by atomic mass is 16.3. The highest BCUT2D eigenvalue weighted by Crippen LogP contribution is 2.65. The van der Waals surface area contributed by atoms with Crippen LogP contribution >= 0.6 is 0 Å². The third-order valence-corrected chi connectivity index (χ3v) is 8.39. The van der Waals surface area contributed by atoms with Crippen LogP contribution in [0, 0.1) is 34.5 Å². The third kappa shape index (κ3) is 1.84. The van der Waals surface area contributed by atoms with Crippen LogP contribution in [0.4, 0.5) is 0 Å². The largest absolute Gasteiger partial charge is 0.393 e. The molecule has 0 aromatic rings. The summed E-state index contributed by atoms with van der Waals surface area (Å²) in [5, 5.41) is 10.9. The second-order valence-electron chi connectivity index (χ2n) is 9.05. The minimum Gasteiger partial charge on any atom is -0.393 e. The second-order valence-corrected chi connectivity index (χ2v) is 9.05. The molecule has 2 nitrogen and oxygen atoms in total. The first-order chi connectivity index (χ1) is 9.95.